The van der Waals surface area contributed by atoms with Crippen LogP contribution in [0.3, 0.4) is 0 Å². The standard InChI is InChI=1S/C12H15N3O4/c1-12(2)5-6-14(7-12)10-9(15(18)19)4-3-8(13-10)11(16)17/h3-4H,5-7H2,1-2H3,(H,16,17). The Labute approximate surface area is 110 Å². The number of anilines is 1. The van der Waals surface area contributed by atoms with E-state index in [1.165, 1.54) is 6.07 Å². The maximum absolute atomic E-state index is 11.0. The molecule has 0 aromatic carbocycles. The molecule has 0 unspecified atom stereocenters. The van der Waals surface area contributed by atoms with E-state index in [2.05, 4.69) is 18.8 Å². The molecule has 1 saturated heterocycles. The summed E-state index contributed by atoms with van der Waals surface area (Å²) in [6, 6.07) is 2.36. The quantitative estimate of drug-likeness (QED) is 0.662. The van der Waals surface area contributed by atoms with Crippen molar-refractivity contribution in [3.05, 3.63) is 27.9 Å². The summed E-state index contributed by atoms with van der Waals surface area (Å²) in [5.74, 6) is -1.04. The summed E-state index contributed by atoms with van der Waals surface area (Å²) in [5.41, 5.74) is -0.276. The Kier molecular flexibility index (Phi) is 3.13. The minimum absolute atomic E-state index is 0.0504. The molecule has 7 nitrogen and oxygen atoms in total. The lowest BCUT2D eigenvalue weighted by atomic mass is 9.93. The summed E-state index contributed by atoms with van der Waals surface area (Å²) in [6.07, 6.45) is 0.892. The number of rotatable bonds is 3. The normalized spacial score (nSPS) is 17.5. The van der Waals surface area contributed by atoms with Gasteiger partial charge in [0.25, 0.3) is 0 Å². The number of carboxylic acid groups (broad SMARTS) is 1. The average Bonchev–Trinajstić information content (AvgIpc) is 2.68. The molecule has 1 aliphatic rings. The molecule has 0 amide bonds. The van der Waals surface area contributed by atoms with Crippen LogP contribution in [0.1, 0.15) is 30.8 Å². The zero-order valence-electron chi connectivity index (χ0n) is 10.8. The molecule has 0 spiro atoms. The van der Waals surface area contributed by atoms with E-state index < -0.39 is 10.9 Å². The summed E-state index contributed by atoms with van der Waals surface area (Å²) in [4.78, 5) is 27.1. The van der Waals surface area contributed by atoms with Crippen molar-refractivity contribution < 1.29 is 14.8 Å². The highest BCUT2D eigenvalue weighted by Gasteiger charge is 2.33. The highest BCUT2D eigenvalue weighted by molar-refractivity contribution is 5.86. The van der Waals surface area contributed by atoms with E-state index in [0.29, 0.717) is 13.1 Å². The van der Waals surface area contributed by atoms with Gasteiger partial charge >= 0.3 is 11.7 Å². The van der Waals surface area contributed by atoms with Gasteiger partial charge in [-0.05, 0) is 17.9 Å². The van der Waals surface area contributed by atoms with Gasteiger partial charge in [-0.1, -0.05) is 13.8 Å². The van der Waals surface area contributed by atoms with Gasteiger partial charge in [-0.2, -0.15) is 0 Å². The lowest BCUT2D eigenvalue weighted by molar-refractivity contribution is -0.384. The molecule has 0 radical (unpaired) electrons. The van der Waals surface area contributed by atoms with Crippen LogP contribution in [-0.2, 0) is 0 Å². The van der Waals surface area contributed by atoms with E-state index in [4.69, 9.17) is 5.11 Å². The summed E-state index contributed by atoms with van der Waals surface area (Å²) in [5, 5.41) is 19.9. The van der Waals surface area contributed by atoms with Crippen molar-refractivity contribution in [2.24, 2.45) is 5.41 Å². The second-order valence-corrected chi connectivity index (χ2v) is 5.44. The third kappa shape index (κ3) is 2.64. The van der Waals surface area contributed by atoms with Gasteiger partial charge in [0.05, 0.1) is 4.92 Å². The van der Waals surface area contributed by atoms with Crippen LogP contribution in [0.2, 0.25) is 0 Å². The monoisotopic (exact) mass is 265 g/mol. The van der Waals surface area contributed by atoms with Gasteiger partial charge in [0.2, 0.25) is 5.82 Å². The third-order valence-corrected chi connectivity index (χ3v) is 3.25. The van der Waals surface area contributed by atoms with Crippen LogP contribution in [0.15, 0.2) is 12.1 Å². The van der Waals surface area contributed by atoms with Crippen molar-refractivity contribution in [2.45, 2.75) is 20.3 Å². The lowest BCUT2D eigenvalue weighted by Gasteiger charge is -2.20. The Morgan fingerprint density at radius 3 is 2.68 bits per heavy atom. The maximum Gasteiger partial charge on any atom is 0.354 e. The number of pyridine rings is 1. The van der Waals surface area contributed by atoms with Crippen LogP contribution >= 0.6 is 0 Å². The van der Waals surface area contributed by atoms with Gasteiger partial charge in [0.1, 0.15) is 0 Å². The number of hydrogen-bond donors (Lipinski definition) is 1. The van der Waals surface area contributed by atoms with E-state index in [1.807, 2.05) is 0 Å². The Morgan fingerprint density at radius 2 is 2.21 bits per heavy atom. The molecule has 2 heterocycles. The number of nitro groups is 1. The first-order chi connectivity index (χ1) is 8.80. The number of nitrogens with zero attached hydrogens (tertiary/aromatic N) is 3. The molecule has 0 saturated carbocycles. The molecule has 2 rings (SSSR count). The topological polar surface area (TPSA) is 96.6 Å². The van der Waals surface area contributed by atoms with Gasteiger partial charge in [0, 0.05) is 19.2 Å². The molecular formula is C12H15N3O4. The molecular weight excluding hydrogens is 250 g/mol. The van der Waals surface area contributed by atoms with Crippen molar-refractivity contribution in [3.8, 4) is 0 Å². The molecule has 0 bridgehead atoms. The van der Waals surface area contributed by atoms with Crippen molar-refractivity contribution in [1.82, 2.24) is 4.98 Å². The van der Waals surface area contributed by atoms with Crippen LogP contribution in [0, 0.1) is 15.5 Å². The van der Waals surface area contributed by atoms with E-state index in [-0.39, 0.29) is 22.6 Å². The van der Waals surface area contributed by atoms with Gasteiger partial charge in [0.15, 0.2) is 5.69 Å². The molecule has 102 valence electrons. The zero-order chi connectivity index (χ0) is 14.2. The van der Waals surface area contributed by atoms with E-state index in [1.54, 1.807) is 4.90 Å². The van der Waals surface area contributed by atoms with Crippen molar-refractivity contribution >= 4 is 17.5 Å². The van der Waals surface area contributed by atoms with Crippen LogP contribution in [0.5, 0.6) is 0 Å². The predicted octanol–water partition coefficient (Wildman–Crippen LogP) is 1.92. The van der Waals surface area contributed by atoms with Crippen molar-refractivity contribution in [3.63, 3.8) is 0 Å². The van der Waals surface area contributed by atoms with E-state index in [9.17, 15) is 14.9 Å². The highest BCUT2D eigenvalue weighted by atomic mass is 16.6. The summed E-state index contributed by atoms with van der Waals surface area (Å²) >= 11 is 0. The van der Waals surface area contributed by atoms with Crippen molar-refractivity contribution in [2.75, 3.05) is 18.0 Å². The molecule has 19 heavy (non-hydrogen) atoms. The predicted molar refractivity (Wildman–Crippen MR) is 68.5 cm³/mol. The van der Waals surface area contributed by atoms with Crippen LogP contribution in [0.25, 0.3) is 0 Å². The number of carbonyl (C=O) groups is 1. The second-order valence-electron chi connectivity index (χ2n) is 5.44. The van der Waals surface area contributed by atoms with Gasteiger partial charge in [-0.3, -0.25) is 10.1 Å². The Bertz CT molecular complexity index is 542. The SMILES string of the molecule is CC1(C)CCN(c2nc(C(=O)O)ccc2[N+](=O)[O-])C1. The smallest absolute Gasteiger partial charge is 0.354 e. The fourth-order valence-electron chi connectivity index (χ4n) is 2.23. The summed E-state index contributed by atoms with van der Waals surface area (Å²) < 4.78 is 0. The largest absolute Gasteiger partial charge is 0.477 e. The number of aromatic nitrogens is 1. The van der Waals surface area contributed by atoms with Gasteiger partial charge in [-0.25, -0.2) is 9.78 Å². The zero-order valence-corrected chi connectivity index (χ0v) is 10.8. The maximum atomic E-state index is 11.0. The van der Waals surface area contributed by atoms with E-state index >= 15 is 0 Å². The average molecular weight is 265 g/mol. The first-order valence-electron chi connectivity index (χ1n) is 5.94. The first-order valence-corrected chi connectivity index (χ1v) is 5.94. The number of hydrogen-bond acceptors (Lipinski definition) is 5. The third-order valence-electron chi connectivity index (χ3n) is 3.25. The fraction of sp³-hybridized carbons (Fsp3) is 0.500. The summed E-state index contributed by atoms with van der Waals surface area (Å²) in [7, 11) is 0. The molecule has 1 aliphatic heterocycles. The second kappa shape index (κ2) is 4.49. The molecule has 1 aromatic heterocycles. The molecule has 0 aliphatic carbocycles. The Hall–Kier alpha value is -2.18. The molecule has 7 heteroatoms. The molecule has 1 aromatic rings. The minimum Gasteiger partial charge on any atom is -0.477 e. The Balaban J connectivity index is 2.44. The van der Waals surface area contributed by atoms with Crippen molar-refractivity contribution in [1.29, 1.82) is 0 Å². The van der Waals surface area contributed by atoms with Gasteiger partial charge < -0.3 is 10.0 Å². The van der Waals surface area contributed by atoms with Crippen LogP contribution < -0.4 is 4.90 Å². The molecule has 1 fully saturated rings. The summed E-state index contributed by atoms with van der Waals surface area (Å²) in [6.45, 7) is 5.41. The molecule has 1 N–H and O–H groups in total. The van der Waals surface area contributed by atoms with E-state index in [0.717, 1.165) is 12.5 Å². The number of carboxylic acids is 1. The van der Waals surface area contributed by atoms with Gasteiger partial charge in [-0.15, -0.1) is 0 Å². The first kappa shape index (κ1) is 13.3. The van der Waals surface area contributed by atoms with Crippen LogP contribution in [0.4, 0.5) is 11.5 Å². The Morgan fingerprint density at radius 1 is 1.53 bits per heavy atom. The molecule has 0 atom stereocenters. The lowest BCUT2D eigenvalue weighted by Crippen LogP contribution is -2.25. The fourth-order valence-corrected chi connectivity index (χ4v) is 2.23. The van der Waals surface area contributed by atoms with Crippen LogP contribution in [-0.4, -0.2) is 34.1 Å². The highest BCUT2D eigenvalue weighted by Crippen LogP contribution is 2.35. The number of aromatic carboxylic acids is 1. The minimum atomic E-state index is -1.19.